The van der Waals surface area contributed by atoms with Gasteiger partial charge >= 0.3 is 0 Å². The van der Waals surface area contributed by atoms with Gasteiger partial charge in [0.25, 0.3) is 0 Å². The molecule has 0 N–H and O–H groups in total. The van der Waals surface area contributed by atoms with Crippen molar-refractivity contribution in [1.29, 1.82) is 0 Å². The third-order valence-corrected chi connectivity index (χ3v) is 8.10. The molecule has 1 aliphatic carbocycles. The monoisotopic (exact) mass is 472 g/mol. The van der Waals surface area contributed by atoms with Crippen molar-refractivity contribution in [2.45, 2.75) is 84.0 Å². The Bertz CT molecular complexity index is 961. The Morgan fingerprint density at radius 3 is 1.21 bits per heavy atom. The van der Waals surface area contributed by atoms with Crippen LogP contribution in [0.5, 0.6) is 0 Å². The van der Waals surface area contributed by atoms with Gasteiger partial charge in [-0.2, -0.15) is 0 Å². The fraction of sp³-hybridized carbons (Fsp3) is 0.455. The highest BCUT2D eigenvalue weighted by Crippen LogP contribution is 2.34. The average molecular weight is 473 g/mol. The maximum absolute atomic E-state index is 5.99. The van der Waals surface area contributed by atoms with Crippen molar-refractivity contribution in [3.05, 3.63) is 106 Å². The summed E-state index contributed by atoms with van der Waals surface area (Å²) in [5.74, 6) is 1.86. The number of rotatable bonds is 11. The lowest BCUT2D eigenvalue weighted by Gasteiger charge is -2.28. The molecule has 3 aromatic carbocycles. The molecule has 3 aromatic rings. The predicted octanol–water partition coefficient (Wildman–Crippen LogP) is 9.45. The lowest BCUT2D eigenvalue weighted by atomic mass is 9.77. The molecule has 0 heterocycles. The minimum atomic E-state index is 0.814. The van der Waals surface area contributed by atoms with Crippen LogP contribution < -0.4 is 0 Å². The van der Waals surface area contributed by atoms with E-state index in [-0.39, 0.29) is 0 Å². The van der Waals surface area contributed by atoms with Gasteiger partial charge in [-0.15, -0.1) is 0 Å². The number of hydrogen-bond acceptors (Lipinski definition) is 0. The van der Waals surface area contributed by atoms with Gasteiger partial charge in [-0.3, -0.25) is 0 Å². The van der Waals surface area contributed by atoms with Crippen molar-refractivity contribution in [2.75, 3.05) is 0 Å². The maximum Gasteiger partial charge on any atom is 0.0406 e. The van der Waals surface area contributed by atoms with E-state index in [0.29, 0.717) is 0 Å². The van der Waals surface area contributed by atoms with Crippen molar-refractivity contribution in [3.63, 3.8) is 0 Å². The van der Waals surface area contributed by atoms with Crippen LogP contribution in [-0.2, 0) is 32.1 Å². The first-order valence-corrected chi connectivity index (χ1v) is 14.0. The summed E-state index contributed by atoms with van der Waals surface area (Å²) < 4.78 is 0. The van der Waals surface area contributed by atoms with Crippen LogP contribution in [0.15, 0.2) is 72.8 Å². The Hall–Kier alpha value is -2.05. The molecule has 0 atom stereocenters. The normalized spacial score (nSPS) is 18.2. The molecule has 0 saturated heterocycles. The van der Waals surface area contributed by atoms with E-state index < -0.39 is 0 Å². The number of aryl methyl sites for hydroxylation is 5. The van der Waals surface area contributed by atoms with Crippen molar-refractivity contribution >= 4 is 11.6 Å². The van der Waals surface area contributed by atoms with E-state index in [1.807, 2.05) is 12.1 Å². The van der Waals surface area contributed by atoms with Gasteiger partial charge in [0.1, 0.15) is 0 Å². The molecule has 34 heavy (non-hydrogen) atoms. The van der Waals surface area contributed by atoms with Gasteiger partial charge in [0.15, 0.2) is 0 Å². The zero-order valence-corrected chi connectivity index (χ0v) is 21.7. The Labute approximate surface area is 212 Å². The molecule has 0 radical (unpaired) electrons. The SMILES string of the molecule is CCCc1ccc(CC[C@H]2CC[C@H](CCc3ccc(CCc4ccc(Cl)cc4)cc3)CC2)cc1. The van der Waals surface area contributed by atoms with Crippen molar-refractivity contribution in [1.82, 2.24) is 0 Å². The second kappa shape index (κ2) is 13.1. The molecule has 0 nitrogen and oxygen atoms in total. The van der Waals surface area contributed by atoms with E-state index >= 15 is 0 Å². The first kappa shape index (κ1) is 25.1. The number of hydrogen-bond donors (Lipinski definition) is 0. The van der Waals surface area contributed by atoms with Gasteiger partial charge in [-0.25, -0.2) is 0 Å². The van der Waals surface area contributed by atoms with Gasteiger partial charge < -0.3 is 0 Å². The van der Waals surface area contributed by atoms with Gasteiger partial charge in [-0.1, -0.05) is 111 Å². The number of halogens is 1. The highest BCUT2D eigenvalue weighted by Gasteiger charge is 2.20. The Morgan fingerprint density at radius 1 is 0.500 bits per heavy atom. The molecule has 1 fully saturated rings. The molecular formula is C33H41Cl. The van der Waals surface area contributed by atoms with Crippen LogP contribution in [0.3, 0.4) is 0 Å². The second-order valence-electron chi connectivity index (χ2n) is 10.5. The summed E-state index contributed by atoms with van der Waals surface area (Å²) in [7, 11) is 0. The molecule has 1 aliphatic rings. The van der Waals surface area contributed by atoms with E-state index in [9.17, 15) is 0 Å². The highest BCUT2D eigenvalue weighted by molar-refractivity contribution is 6.30. The molecule has 1 saturated carbocycles. The fourth-order valence-corrected chi connectivity index (χ4v) is 5.65. The molecule has 180 valence electrons. The molecule has 0 bridgehead atoms. The third-order valence-electron chi connectivity index (χ3n) is 7.85. The lowest BCUT2D eigenvalue weighted by molar-refractivity contribution is 0.253. The summed E-state index contributed by atoms with van der Waals surface area (Å²) in [6, 6.07) is 27.0. The van der Waals surface area contributed by atoms with E-state index in [0.717, 1.165) is 29.7 Å². The van der Waals surface area contributed by atoms with E-state index in [2.05, 4.69) is 67.6 Å². The Morgan fingerprint density at radius 2 is 0.824 bits per heavy atom. The maximum atomic E-state index is 5.99. The van der Waals surface area contributed by atoms with Crippen LogP contribution in [0.2, 0.25) is 5.02 Å². The van der Waals surface area contributed by atoms with E-state index in [1.165, 1.54) is 92.0 Å². The summed E-state index contributed by atoms with van der Waals surface area (Å²) in [4.78, 5) is 0. The molecule has 0 amide bonds. The zero-order chi connectivity index (χ0) is 23.6. The molecule has 0 aromatic heterocycles. The lowest BCUT2D eigenvalue weighted by Crippen LogP contribution is -2.15. The smallest absolute Gasteiger partial charge is 0.0406 e. The molecule has 4 rings (SSSR count). The highest BCUT2D eigenvalue weighted by atomic mass is 35.5. The van der Waals surface area contributed by atoms with Crippen LogP contribution >= 0.6 is 11.6 Å². The summed E-state index contributed by atoms with van der Waals surface area (Å²) in [6.07, 6.45) is 15.6. The third kappa shape index (κ3) is 8.02. The Balaban J connectivity index is 1.12. The van der Waals surface area contributed by atoms with Crippen LogP contribution in [0, 0.1) is 11.8 Å². The first-order chi connectivity index (χ1) is 16.7. The molecule has 0 aliphatic heterocycles. The number of benzene rings is 3. The predicted molar refractivity (Wildman–Crippen MR) is 148 cm³/mol. The van der Waals surface area contributed by atoms with Crippen molar-refractivity contribution in [2.24, 2.45) is 11.8 Å². The quantitative estimate of drug-likeness (QED) is 0.260. The molecule has 1 heteroatoms. The summed E-state index contributed by atoms with van der Waals surface area (Å²) in [5, 5.41) is 0.814. The van der Waals surface area contributed by atoms with E-state index in [4.69, 9.17) is 11.6 Å². The standard InChI is InChI=1S/C33H41Cl/c1-2-3-26-4-6-27(7-5-26)8-9-28-10-12-29(13-11-28)14-15-30-16-18-31(19-17-30)20-21-32-22-24-33(34)25-23-32/h4-7,16-19,22-25,28-29H,2-3,8-15,20-21H2,1H3/t28-,29-. The Kier molecular flexibility index (Phi) is 9.69. The van der Waals surface area contributed by atoms with Crippen LogP contribution in [-0.4, -0.2) is 0 Å². The zero-order valence-electron chi connectivity index (χ0n) is 20.9. The van der Waals surface area contributed by atoms with Gasteiger partial charge in [0, 0.05) is 5.02 Å². The first-order valence-electron chi connectivity index (χ1n) is 13.6. The summed E-state index contributed by atoms with van der Waals surface area (Å²) in [5.41, 5.74) is 7.30. The largest absolute Gasteiger partial charge is 0.0843 e. The van der Waals surface area contributed by atoms with Crippen LogP contribution in [0.1, 0.15) is 79.7 Å². The van der Waals surface area contributed by atoms with Crippen LogP contribution in [0.4, 0.5) is 0 Å². The van der Waals surface area contributed by atoms with Crippen LogP contribution in [0.25, 0.3) is 0 Å². The van der Waals surface area contributed by atoms with Gasteiger partial charge in [0.05, 0.1) is 0 Å². The van der Waals surface area contributed by atoms with E-state index in [1.54, 1.807) is 0 Å². The summed E-state index contributed by atoms with van der Waals surface area (Å²) >= 11 is 5.99. The minimum Gasteiger partial charge on any atom is -0.0843 e. The molecule has 0 unspecified atom stereocenters. The topological polar surface area (TPSA) is 0 Å². The second-order valence-corrected chi connectivity index (χ2v) is 10.9. The average Bonchev–Trinajstić information content (AvgIpc) is 2.88. The minimum absolute atomic E-state index is 0.814. The molecular weight excluding hydrogens is 432 g/mol. The van der Waals surface area contributed by atoms with Gasteiger partial charge in [-0.05, 0) is 96.7 Å². The van der Waals surface area contributed by atoms with Crippen molar-refractivity contribution < 1.29 is 0 Å². The van der Waals surface area contributed by atoms with Crippen molar-refractivity contribution in [3.8, 4) is 0 Å². The summed E-state index contributed by atoms with van der Waals surface area (Å²) in [6.45, 7) is 2.26. The van der Waals surface area contributed by atoms with Gasteiger partial charge in [0.2, 0.25) is 0 Å². The fourth-order valence-electron chi connectivity index (χ4n) is 5.52. The molecule has 0 spiro atoms.